The van der Waals surface area contributed by atoms with Crippen LogP contribution < -0.4 is 5.32 Å². The highest BCUT2D eigenvalue weighted by Gasteiger charge is 2.22. The summed E-state index contributed by atoms with van der Waals surface area (Å²) in [6, 6.07) is 5.54. The molecule has 0 aliphatic rings. The van der Waals surface area contributed by atoms with E-state index in [1.165, 1.54) is 12.7 Å². The number of furan rings is 1. The minimum atomic E-state index is -0.459. The third-order valence-corrected chi connectivity index (χ3v) is 5.26. The highest BCUT2D eigenvalue weighted by atomic mass is 79.9. The summed E-state index contributed by atoms with van der Waals surface area (Å²) in [5.74, 6) is 0.486. The molecule has 2 aromatic rings. The second-order valence-electron chi connectivity index (χ2n) is 4.69. The van der Waals surface area contributed by atoms with Gasteiger partial charge in [-0.2, -0.15) is 0 Å². The van der Waals surface area contributed by atoms with E-state index >= 15 is 0 Å². The summed E-state index contributed by atoms with van der Waals surface area (Å²) in [5.41, 5.74) is 1.19. The van der Waals surface area contributed by atoms with Crippen molar-refractivity contribution in [3.05, 3.63) is 43.9 Å². The fraction of sp³-hybridized carbons (Fsp3) is 0.400. The lowest BCUT2D eigenvalue weighted by molar-refractivity contribution is 0.0562. The average Bonchev–Trinajstić information content (AvgIpc) is 3.07. The Balaban J connectivity index is 2.31. The van der Waals surface area contributed by atoms with Gasteiger partial charge in [-0.25, -0.2) is 4.79 Å². The largest absolute Gasteiger partial charge is 0.463 e. The maximum Gasteiger partial charge on any atom is 0.373 e. The predicted octanol–water partition coefficient (Wildman–Crippen LogP) is 4.29. The molecular formula is C15H18BrNO3S. The standard InChI is InChI=1S/C15H18BrNO3S/c1-4-7-17-13(12-8-9(2)14(16)21-12)10-5-6-11(20-10)15(18)19-3/h5-6,8,13,17H,4,7H2,1-3H3. The second-order valence-corrected chi connectivity index (χ2v) is 7.09. The van der Waals surface area contributed by atoms with Gasteiger partial charge >= 0.3 is 5.97 Å². The Morgan fingerprint density at radius 3 is 2.86 bits per heavy atom. The Morgan fingerprint density at radius 1 is 1.52 bits per heavy atom. The normalized spacial score (nSPS) is 12.4. The molecule has 4 nitrogen and oxygen atoms in total. The van der Waals surface area contributed by atoms with Crippen molar-refractivity contribution in [2.24, 2.45) is 0 Å². The smallest absolute Gasteiger partial charge is 0.373 e. The van der Waals surface area contributed by atoms with E-state index in [-0.39, 0.29) is 11.8 Å². The van der Waals surface area contributed by atoms with Crippen molar-refractivity contribution < 1.29 is 13.9 Å². The van der Waals surface area contributed by atoms with E-state index in [1.807, 2.05) is 6.07 Å². The maximum absolute atomic E-state index is 11.5. The van der Waals surface area contributed by atoms with Crippen LogP contribution in [0.5, 0.6) is 0 Å². The molecule has 1 unspecified atom stereocenters. The van der Waals surface area contributed by atoms with Crippen molar-refractivity contribution in [2.45, 2.75) is 26.3 Å². The minimum absolute atomic E-state index is 0.0571. The van der Waals surface area contributed by atoms with Gasteiger partial charge in [-0.3, -0.25) is 0 Å². The lowest BCUT2D eigenvalue weighted by Gasteiger charge is -2.14. The van der Waals surface area contributed by atoms with Crippen LogP contribution in [-0.4, -0.2) is 19.6 Å². The van der Waals surface area contributed by atoms with Crippen molar-refractivity contribution in [1.29, 1.82) is 0 Å². The molecule has 0 fully saturated rings. The maximum atomic E-state index is 11.5. The molecule has 6 heteroatoms. The van der Waals surface area contributed by atoms with Crippen LogP contribution in [0.2, 0.25) is 0 Å². The molecule has 2 rings (SSSR count). The fourth-order valence-corrected chi connectivity index (χ4v) is 3.63. The second kappa shape index (κ2) is 7.24. The molecule has 0 saturated heterocycles. The van der Waals surface area contributed by atoms with Crippen LogP contribution in [0.15, 0.2) is 26.4 Å². The highest BCUT2D eigenvalue weighted by Crippen LogP contribution is 2.35. The Bertz CT molecular complexity index is 601. The molecule has 21 heavy (non-hydrogen) atoms. The molecule has 2 aromatic heterocycles. The first-order valence-corrected chi connectivity index (χ1v) is 8.35. The zero-order valence-electron chi connectivity index (χ0n) is 12.2. The number of aryl methyl sites for hydroxylation is 1. The van der Waals surface area contributed by atoms with Crippen molar-refractivity contribution in [3.8, 4) is 0 Å². The molecule has 0 aliphatic heterocycles. The lowest BCUT2D eigenvalue weighted by atomic mass is 10.1. The van der Waals surface area contributed by atoms with Gasteiger partial charge in [0, 0.05) is 4.88 Å². The van der Waals surface area contributed by atoms with E-state index in [2.05, 4.69) is 45.9 Å². The van der Waals surface area contributed by atoms with Crippen LogP contribution in [0, 0.1) is 6.92 Å². The molecule has 0 bridgehead atoms. The van der Waals surface area contributed by atoms with Crippen LogP contribution in [0.1, 0.15) is 46.1 Å². The summed E-state index contributed by atoms with van der Waals surface area (Å²) >= 11 is 5.22. The number of carbonyl (C=O) groups is 1. The van der Waals surface area contributed by atoms with Crippen LogP contribution in [0.25, 0.3) is 0 Å². The van der Waals surface area contributed by atoms with Gasteiger partial charge in [-0.15, -0.1) is 11.3 Å². The monoisotopic (exact) mass is 371 g/mol. The molecule has 0 aromatic carbocycles. The first-order valence-electron chi connectivity index (χ1n) is 6.74. The van der Waals surface area contributed by atoms with Gasteiger partial charge in [-0.05, 0) is 59.6 Å². The molecule has 0 amide bonds. The van der Waals surface area contributed by atoms with Gasteiger partial charge in [-0.1, -0.05) is 6.92 Å². The third-order valence-electron chi connectivity index (χ3n) is 3.06. The van der Waals surface area contributed by atoms with Crippen molar-refractivity contribution in [2.75, 3.05) is 13.7 Å². The number of nitrogens with one attached hydrogen (secondary N) is 1. The van der Waals surface area contributed by atoms with E-state index in [9.17, 15) is 4.79 Å². The van der Waals surface area contributed by atoms with Gasteiger partial charge in [0.25, 0.3) is 0 Å². The number of methoxy groups -OCH3 is 1. The van der Waals surface area contributed by atoms with Crippen LogP contribution in [-0.2, 0) is 4.74 Å². The highest BCUT2D eigenvalue weighted by molar-refractivity contribution is 9.11. The number of esters is 1. The predicted molar refractivity (Wildman–Crippen MR) is 86.9 cm³/mol. The minimum Gasteiger partial charge on any atom is -0.463 e. The first-order chi connectivity index (χ1) is 10.1. The quantitative estimate of drug-likeness (QED) is 0.769. The van der Waals surface area contributed by atoms with Gasteiger partial charge in [0.15, 0.2) is 0 Å². The van der Waals surface area contributed by atoms with Crippen LogP contribution in [0.4, 0.5) is 0 Å². The zero-order chi connectivity index (χ0) is 15.4. The number of hydrogen-bond acceptors (Lipinski definition) is 5. The van der Waals surface area contributed by atoms with E-state index in [1.54, 1.807) is 17.4 Å². The Labute approximate surface area is 136 Å². The van der Waals surface area contributed by atoms with Crippen molar-refractivity contribution >= 4 is 33.2 Å². The average molecular weight is 372 g/mol. The number of ether oxygens (including phenoxy) is 1. The zero-order valence-corrected chi connectivity index (χ0v) is 14.6. The van der Waals surface area contributed by atoms with Gasteiger partial charge < -0.3 is 14.5 Å². The fourth-order valence-electron chi connectivity index (χ4n) is 1.97. The molecule has 1 N–H and O–H groups in total. The van der Waals surface area contributed by atoms with Crippen LogP contribution in [0.3, 0.4) is 0 Å². The van der Waals surface area contributed by atoms with Crippen molar-refractivity contribution in [1.82, 2.24) is 5.32 Å². The van der Waals surface area contributed by atoms with E-state index < -0.39 is 5.97 Å². The van der Waals surface area contributed by atoms with E-state index in [4.69, 9.17) is 4.42 Å². The first kappa shape index (κ1) is 16.3. The number of carbonyl (C=O) groups excluding carboxylic acids is 1. The molecule has 2 heterocycles. The summed E-state index contributed by atoms with van der Waals surface area (Å²) in [7, 11) is 1.34. The number of hydrogen-bond donors (Lipinski definition) is 1. The summed E-state index contributed by atoms with van der Waals surface area (Å²) in [5, 5.41) is 3.46. The molecule has 0 saturated carbocycles. The van der Waals surface area contributed by atoms with Crippen molar-refractivity contribution in [3.63, 3.8) is 0 Å². The number of halogens is 1. The Kier molecular flexibility index (Phi) is 5.61. The summed E-state index contributed by atoms with van der Waals surface area (Å²) < 4.78 is 11.4. The summed E-state index contributed by atoms with van der Waals surface area (Å²) in [6.07, 6.45) is 1.02. The SMILES string of the molecule is CCCNC(c1ccc(C(=O)OC)o1)c1cc(C)c(Br)s1. The molecule has 1 atom stereocenters. The van der Waals surface area contributed by atoms with Gasteiger partial charge in [0.05, 0.1) is 10.9 Å². The lowest BCUT2D eigenvalue weighted by Crippen LogP contribution is -2.22. The summed E-state index contributed by atoms with van der Waals surface area (Å²) in [6.45, 7) is 5.04. The summed E-state index contributed by atoms with van der Waals surface area (Å²) in [4.78, 5) is 12.7. The Morgan fingerprint density at radius 2 is 2.29 bits per heavy atom. The van der Waals surface area contributed by atoms with Gasteiger partial charge in [0.2, 0.25) is 5.76 Å². The molecule has 0 aliphatic carbocycles. The van der Waals surface area contributed by atoms with E-state index in [0.29, 0.717) is 0 Å². The molecule has 0 spiro atoms. The molecular weight excluding hydrogens is 354 g/mol. The Hall–Kier alpha value is -1.11. The molecule has 0 radical (unpaired) electrons. The number of thiophene rings is 1. The third kappa shape index (κ3) is 3.75. The van der Waals surface area contributed by atoms with Crippen LogP contribution >= 0.6 is 27.3 Å². The molecule has 114 valence electrons. The topological polar surface area (TPSA) is 51.5 Å². The van der Waals surface area contributed by atoms with Gasteiger partial charge in [0.1, 0.15) is 11.8 Å². The van der Waals surface area contributed by atoms with E-state index in [0.717, 1.165) is 27.4 Å². The number of rotatable bonds is 6.